The van der Waals surface area contributed by atoms with Gasteiger partial charge in [0.1, 0.15) is 18.0 Å². The molecule has 4 rings (SSSR count). The van der Waals surface area contributed by atoms with Crippen molar-refractivity contribution in [3.63, 3.8) is 0 Å². The second kappa shape index (κ2) is 8.27. The summed E-state index contributed by atoms with van der Waals surface area (Å²) in [7, 11) is 0. The lowest BCUT2D eigenvalue weighted by Crippen LogP contribution is -2.29. The number of nitrogens with one attached hydrogen (secondary N) is 2. The van der Waals surface area contributed by atoms with Crippen LogP contribution in [0, 0.1) is 6.92 Å². The largest absolute Gasteiger partial charge is 0.487 e. The first-order chi connectivity index (χ1) is 13.7. The van der Waals surface area contributed by atoms with Crippen LogP contribution < -0.4 is 15.4 Å². The Morgan fingerprint density at radius 3 is 3.07 bits per heavy atom. The maximum Gasteiger partial charge on any atom is 0.251 e. The van der Waals surface area contributed by atoms with Crippen LogP contribution in [0.25, 0.3) is 5.65 Å². The van der Waals surface area contributed by atoms with E-state index < -0.39 is 0 Å². The number of aromatic nitrogens is 2. The highest BCUT2D eigenvalue weighted by Crippen LogP contribution is 2.16. The van der Waals surface area contributed by atoms with E-state index in [0.29, 0.717) is 24.5 Å². The quantitative estimate of drug-likeness (QED) is 0.649. The van der Waals surface area contributed by atoms with E-state index in [1.54, 1.807) is 12.1 Å². The van der Waals surface area contributed by atoms with Gasteiger partial charge in [0.25, 0.3) is 5.91 Å². The van der Waals surface area contributed by atoms with Gasteiger partial charge in [-0.1, -0.05) is 23.8 Å². The van der Waals surface area contributed by atoms with E-state index in [2.05, 4.69) is 21.7 Å². The summed E-state index contributed by atoms with van der Waals surface area (Å²) in [5.41, 5.74) is 4.78. The van der Waals surface area contributed by atoms with Crippen molar-refractivity contribution in [3.8, 4) is 5.75 Å². The van der Waals surface area contributed by atoms with E-state index >= 15 is 0 Å². The summed E-state index contributed by atoms with van der Waals surface area (Å²) in [6.45, 7) is 4.83. The molecular weight excluding hydrogens is 352 g/mol. The van der Waals surface area contributed by atoms with Gasteiger partial charge in [-0.3, -0.25) is 4.79 Å². The van der Waals surface area contributed by atoms with Gasteiger partial charge in [-0.05, 0) is 49.7 Å². The van der Waals surface area contributed by atoms with Crippen LogP contribution in [0.1, 0.15) is 28.0 Å². The third-order valence-corrected chi connectivity index (χ3v) is 4.77. The Bertz CT molecular complexity index is 1020. The Morgan fingerprint density at radius 1 is 1.29 bits per heavy atom. The lowest BCUT2D eigenvalue weighted by Gasteiger charge is -2.14. The zero-order valence-electron chi connectivity index (χ0n) is 15.9. The number of pyridine rings is 1. The topological polar surface area (TPSA) is 67.7 Å². The Kier molecular flexibility index (Phi) is 5.39. The van der Waals surface area contributed by atoms with Gasteiger partial charge in [-0.25, -0.2) is 4.98 Å². The van der Waals surface area contributed by atoms with Crippen LogP contribution in [-0.4, -0.2) is 34.9 Å². The summed E-state index contributed by atoms with van der Waals surface area (Å²) in [5.74, 6) is 0.565. The van der Waals surface area contributed by atoms with Crippen molar-refractivity contribution >= 4 is 11.6 Å². The molecule has 1 aromatic carbocycles. The highest BCUT2D eigenvalue weighted by molar-refractivity contribution is 5.94. The van der Waals surface area contributed by atoms with Crippen molar-refractivity contribution in [1.82, 2.24) is 20.0 Å². The molecule has 6 heteroatoms. The summed E-state index contributed by atoms with van der Waals surface area (Å²) in [6, 6.07) is 11.3. The molecule has 3 aromatic rings. The smallest absolute Gasteiger partial charge is 0.251 e. The molecule has 0 radical (unpaired) electrons. The van der Waals surface area contributed by atoms with E-state index in [1.807, 2.05) is 48.0 Å². The molecule has 0 spiro atoms. The van der Waals surface area contributed by atoms with Crippen molar-refractivity contribution in [1.29, 1.82) is 0 Å². The molecule has 0 saturated heterocycles. The predicted octanol–water partition coefficient (Wildman–Crippen LogP) is 2.87. The van der Waals surface area contributed by atoms with Crippen LogP contribution in [0.3, 0.4) is 0 Å². The number of rotatable bonds is 6. The Labute approximate surface area is 164 Å². The van der Waals surface area contributed by atoms with E-state index in [-0.39, 0.29) is 5.91 Å². The van der Waals surface area contributed by atoms with Gasteiger partial charge in [0.05, 0.1) is 5.69 Å². The molecule has 0 unspecified atom stereocenters. The Hall–Kier alpha value is -3.12. The Balaban J connectivity index is 1.37. The van der Waals surface area contributed by atoms with Crippen LogP contribution in [0.4, 0.5) is 0 Å². The van der Waals surface area contributed by atoms with E-state index in [0.717, 1.165) is 30.9 Å². The number of fused-ring (bicyclic) bond motifs is 1. The summed E-state index contributed by atoms with van der Waals surface area (Å²) < 4.78 is 7.86. The molecule has 2 aromatic heterocycles. The van der Waals surface area contributed by atoms with Crippen molar-refractivity contribution in [2.24, 2.45) is 0 Å². The van der Waals surface area contributed by atoms with Gasteiger partial charge < -0.3 is 19.8 Å². The molecular formula is C22H24N4O2. The molecule has 6 nitrogen and oxygen atoms in total. The highest BCUT2D eigenvalue weighted by Gasteiger charge is 2.09. The minimum absolute atomic E-state index is 0.0897. The van der Waals surface area contributed by atoms with Gasteiger partial charge in [0.2, 0.25) is 0 Å². The zero-order chi connectivity index (χ0) is 19.3. The minimum Gasteiger partial charge on any atom is -0.487 e. The number of aryl methyl sites for hydroxylation is 1. The molecule has 0 aliphatic carbocycles. The molecule has 2 N–H and O–H groups in total. The average Bonchev–Trinajstić information content (AvgIpc) is 3.13. The molecule has 1 aliphatic rings. The van der Waals surface area contributed by atoms with Gasteiger partial charge in [-0.2, -0.15) is 0 Å². The van der Waals surface area contributed by atoms with Crippen LogP contribution >= 0.6 is 0 Å². The number of carbonyl (C=O) groups excluding carboxylic acids is 1. The summed E-state index contributed by atoms with van der Waals surface area (Å²) in [4.78, 5) is 17.0. The molecule has 0 bridgehead atoms. The third-order valence-electron chi connectivity index (χ3n) is 4.77. The fraction of sp³-hybridized carbons (Fsp3) is 0.273. The number of amides is 1. The van der Waals surface area contributed by atoms with Gasteiger partial charge in [0.15, 0.2) is 0 Å². The van der Waals surface area contributed by atoms with E-state index in [9.17, 15) is 4.79 Å². The maximum atomic E-state index is 12.4. The molecule has 1 aliphatic heterocycles. The number of benzene rings is 1. The van der Waals surface area contributed by atoms with E-state index in [1.165, 1.54) is 11.1 Å². The predicted molar refractivity (Wildman–Crippen MR) is 109 cm³/mol. The fourth-order valence-corrected chi connectivity index (χ4v) is 3.24. The van der Waals surface area contributed by atoms with E-state index in [4.69, 9.17) is 4.74 Å². The van der Waals surface area contributed by atoms with Crippen molar-refractivity contribution in [3.05, 3.63) is 77.3 Å². The average molecular weight is 376 g/mol. The first kappa shape index (κ1) is 18.3. The normalized spacial score (nSPS) is 14.0. The maximum absolute atomic E-state index is 12.4. The lowest BCUT2D eigenvalue weighted by atomic mass is 10.1. The number of ether oxygens (including phenoxy) is 1. The van der Waals surface area contributed by atoms with Gasteiger partial charge in [-0.15, -0.1) is 0 Å². The van der Waals surface area contributed by atoms with Crippen molar-refractivity contribution in [2.45, 2.75) is 20.0 Å². The Morgan fingerprint density at radius 2 is 2.21 bits per heavy atom. The van der Waals surface area contributed by atoms with Crippen molar-refractivity contribution < 1.29 is 9.53 Å². The molecule has 144 valence electrons. The van der Waals surface area contributed by atoms with Crippen LogP contribution in [0.15, 0.2) is 60.4 Å². The van der Waals surface area contributed by atoms with Gasteiger partial charge in [0, 0.05) is 31.0 Å². The summed E-state index contributed by atoms with van der Waals surface area (Å²) >= 11 is 0. The SMILES string of the molecule is Cc1ccc2nc(COc3cccc(C(=O)NCC4=CCNCC4)c3)cn2c1. The second-order valence-corrected chi connectivity index (χ2v) is 7.02. The monoisotopic (exact) mass is 376 g/mol. The molecule has 0 fully saturated rings. The molecule has 28 heavy (non-hydrogen) atoms. The number of carbonyl (C=O) groups is 1. The van der Waals surface area contributed by atoms with Crippen LogP contribution in [0.2, 0.25) is 0 Å². The molecule has 0 saturated carbocycles. The zero-order valence-corrected chi connectivity index (χ0v) is 15.9. The molecule has 1 amide bonds. The minimum atomic E-state index is -0.0897. The summed E-state index contributed by atoms with van der Waals surface area (Å²) in [5, 5.41) is 6.25. The molecule has 0 atom stereocenters. The second-order valence-electron chi connectivity index (χ2n) is 7.02. The first-order valence-electron chi connectivity index (χ1n) is 9.51. The first-order valence-corrected chi connectivity index (χ1v) is 9.51. The highest BCUT2D eigenvalue weighted by atomic mass is 16.5. The molecule has 3 heterocycles. The number of hydrogen-bond acceptors (Lipinski definition) is 4. The van der Waals surface area contributed by atoms with Crippen LogP contribution in [0.5, 0.6) is 5.75 Å². The fourth-order valence-electron chi connectivity index (χ4n) is 3.24. The van der Waals surface area contributed by atoms with Crippen molar-refractivity contribution in [2.75, 3.05) is 19.6 Å². The number of nitrogens with zero attached hydrogens (tertiary/aromatic N) is 2. The standard InChI is InChI=1S/C22H24N4O2/c1-16-5-6-21-25-19(14-26(21)13-16)15-28-20-4-2-3-18(11-20)22(27)24-12-17-7-9-23-10-8-17/h2-7,11,13-14,23H,8-10,12,15H2,1H3,(H,24,27). The van der Waals surface area contributed by atoms with Crippen LogP contribution in [-0.2, 0) is 6.61 Å². The van der Waals surface area contributed by atoms with Gasteiger partial charge >= 0.3 is 0 Å². The summed E-state index contributed by atoms with van der Waals surface area (Å²) in [6.07, 6.45) is 7.11. The number of hydrogen-bond donors (Lipinski definition) is 2. The lowest BCUT2D eigenvalue weighted by molar-refractivity contribution is 0.0956. The number of imidazole rings is 1. The third kappa shape index (κ3) is 4.40.